The normalized spacial score (nSPS) is 12.6. The van der Waals surface area contributed by atoms with Crippen LogP contribution in [0.2, 0.25) is 0 Å². The van der Waals surface area contributed by atoms with E-state index >= 15 is 0 Å². The first-order chi connectivity index (χ1) is 8.18. The van der Waals surface area contributed by atoms with Crippen LogP contribution in [0.1, 0.15) is 24.8 Å². The molecule has 1 atom stereocenters. The largest absolute Gasteiger partial charge is 0.397 e. The number of nitrogens with two attached hydrogens (primary N) is 1. The van der Waals surface area contributed by atoms with Gasteiger partial charge in [0.15, 0.2) is 0 Å². The number of hydrogen-bond acceptors (Lipinski definition) is 3. The maximum atomic E-state index is 5.96. The third-order valence-electron chi connectivity index (χ3n) is 2.79. The number of para-hydroxylation sites is 2. The zero-order chi connectivity index (χ0) is 12.3. The molecule has 17 heavy (non-hydrogen) atoms. The summed E-state index contributed by atoms with van der Waals surface area (Å²) in [5.74, 6) is 0.522. The number of benzene rings is 1. The van der Waals surface area contributed by atoms with Crippen LogP contribution in [0, 0.1) is 5.92 Å². The van der Waals surface area contributed by atoms with Gasteiger partial charge in [0.2, 0.25) is 0 Å². The molecule has 0 radical (unpaired) electrons. The van der Waals surface area contributed by atoms with Gasteiger partial charge < -0.3 is 11.1 Å². The Kier molecular flexibility index (Phi) is 3.69. The van der Waals surface area contributed by atoms with Crippen LogP contribution in [0.3, 0.4) is 0 Å². The predicted molar refractivity (Wildman–Crippen MR) is 76.4 cm³/mol. The van der Waals surface area contributed by atoms with Gasteiger partial charge in [0.1, 0.15) is 0 Å². The maximum Gasteiger partial charge on any atom is 0.0630 e. The van der Waals surface area contributed by atoms with Crippen LogP contribution in [-0.2, 0) is 0 Å². The summed E-state index contributed by atoms with van der Waals surface area (Å²) in [6.45, 7) is 4.44. The van der Waals surface area contributed by atoms with E-state index in [1.807, 2.05) is 24.3 Å². The Morgan fingerprint density at radius 1 is 1.12 bits per heavy atom. The zero-order valence-corrected chi connectivity index (χ0v) is 11.0. The minimum absolute atomic E-state index is 0.319. The summed E-state index contributed by atoms with van der Waals surface area (Å²) in [4.78, 5) is 1.35. The van der Waals surface area contributed by atoms with Gasteiger partial charge in [0.25, 0.3) is 0 Å². The Morgan fingerprint density at radius 2 is 1.88 bits per heavy atom. The summed E-state index contributed by atoms with van der Waals surface area (Å²) in [5, 5.41) is 5.65. The van der Waals surface area contributed by atoms with Gasteiger partial charge in [-0.1, -0.05) is 32.0 Å². The molecule has 0 amide bonds. The molecule has 90 valence electrons. The molecule has 0 saturated heterocycles. The van der Waals surface area contributed by atoms with Crippen LogP contribution in [0.5, 0.6) is 0 Å². The molecule has 0 bridgehead atoms. The van der Waals surface area contributed by atoms with Gasteiger partial charge in [0, 0.05) is 4.88 Å². The Balaban J connectivity index is 2.23. The average molecular weight is 246 g/mol. The van der Waals surface area contributed by atoms with Crippen LogP contribution in [-0.4, -0.2) is 0 Å². The van der Waals surface area contributed by atoms with Crippen molar-refractivity contribution in [2.24, 2.45) is 5.92 Å². The summed E-state index contributed by atoms with van der Waals surface area (Å²) in [6.07, 6.45) is 0. The van der Waals surface area contributed by atoms with Gasteiger partial charge in [-0.05, 0) is 29.5 Å². The topological polar surface area (TPSA) is 38.0 Å². The predicted octanol–water partition coefficient (Wildman–Crippen LogP) is 4.14. The van der Waals surface area contributed by atoms with Crippen LogP contribution in [0.4, 0.5) is 11.4 Å². The molecule has 0 saturated carbocycles. The number of hydrogen-bond donors (Lipinski definition) is 2. The highest BCUT2D eigenvalue weighted by molar-refractivity contribution is 7.10. The highest BCUT2D eigenvalue weighted by atomic mass is 32.1. The van der Waals surface area contributed by atoms with E-state index in [2.05, 4.69) is 36.7 Å². The summed E-state index contributed by atoms with van der Waals surface area (Å²) in [6, 6.07) is 12.5. The van der Waals surface area contributed by atoms with Crippen LogP contribution < -0.4 is 11.1 Å². The van der Waals surface area contributed by atoms with Gasteiger partial charge >= 0.3 is 0 Å². The second-order valence-electron chi connectivity index (χ2n) is 4.47. The lowest BCUT2D eigenvalue weighted by Gasteiger charge is -2.23. The molecule has 3 N–H and O–H groups in total. The van der Waals surface area contributed by atoms with Crippen molar-refractivity contribution < 1.29 is 0 Å². The molecule has 0 fully saturated rings. The Bertz CT molecular complexity index is 463. The number of nitrogens with one attached hydrogen (secondary N) is 1. The Hall–Kier alpha value is -1.48. The molecule has 0 aliphatic carbocycles. The first kappa shape index (κ1) is 12.0. The van der Waals surface area contributed by atoms with E-state index in [-0.39, 0.29) is 0 Å². The summed E-state index contributed by atoms with van der Waals surface area (Å²) >= 11 is 1.78. The third-order valence-corrected chi connectivity index (χ3v) is 3.74. The van der Waals surface area contributed by atoms with Crippen molar-refractivity contribution in [3.8, 4) is 0 Å². The fraction of sp³-hybridized carbons (Fsp3) is 0.286. The first-order valence-electron chi connectivity index (χ1n) is 5.83. The lowest BCUT2D eigenvalue weighted by molar-refractivity contribution is 0.554. The lowest BCUT2D eigenvalue weighted by Crippen LogP contribution is -2.16. The highest BCUT2D eigenvalue weighted by Crippen LogP contribution is 2.31. The molecule has 2 rings (SSSR count). The smallest absolute Gasteiger partial charge is 0.0630 e. The van der Waals surface area contributed by atoms with Crippen molar-refractivity contribution in [1.82, 2.24) is 0 Å². The molecule has 1 heterocycles. The van der Waals surface area contributed by atoms with Crippen molar-refractivity contribution in [1.29, 1.82) is 0 Å². The lowest BCUT2D eigenvalue weighted by atomic mass is 10.0. The zero-order valence-electron chi connectivity index (χ0n) is 10.2. The van der Waals surface area contributed by atoms with E-state index < -0.39 is 0 Å². The number of nitrogen functional groups attached to an aromatic ring is 1. The monoisotopic (exact) mass is 246 g/mol. The van der Waals surface area contributed by atoms with Crippen LogP contribution in [0.15, 0.2) is 41.8 Å². The molecule has 2 nitrogen and oxygen atoms in total. The number of rotatable bonds is 4. The Morgan fingerprint density at radius 3 is 2.47 bits per heavy atom. The maximum absolute atomic E-state index is 5.96. The van der Waals surface area contributed by atoms with Gasteiger partial charge in [-0.3, -0.25) is 0 Å². The molecule has 0 aliphatic rings. The first-order valence-corrected chi connectivity index (χ1v) is 6.71. The molecular weight excluding hydrogens is 228 g/mol. The molecule has 2 aromatic rings. The molecule has 0 aliphatic heterocycles. The second-order valence-corrected chi connectivity index (χ2v) is 5.45. The fourth-order valence-corrected chi connectivity index (χ4v) is 2.78. The van der Waals surface area contributed by atoms with E-state index in [0.29, 0.717) is 12.0 Å². The molecular formula is C14H18N2S. The minimum Gasteiger partial charge on any atom is -0.397 e. The van der Waals surface area contributed by atoms with E-state index in [9.17, 15) is 0 Å². The van der Waals surface area contributed by atoms with Crippen LogP contribution >= 0.6 is 11.3 Å². The summed E-state index contributed by atoms with van der Waals surface area (Å²) < 4.78 is 0. The van der Waals surface area contributed by atoms with Crippen molar-refractivity contribution in [2.45, 2.75) is 19.9 Å². The Labute approximate surface area is 106 Å². The molecule has 1 aromatic heterocycles. The standard InChI is InChI=1S/C14H18N2S/c1-10(2)14(13-8-5-9-17-13)16-12-7-4-3-6-11(12)15/h3-10,14,16H,15H2,1-2H3. The van der Waals surface area contributed by atoms with Crippen molar-refractivity contribution in [2.75, 3.05) is 11.1 Å². The second kappa shape index (κ2) is 5.23. The molecule has 1 unspecified atom stereocenters. The van der Waals surface area contributed by atoms with E-state index in [4.69, 9.17) is 5.73 Å². The number of anilines is 2. The number of thiophene rings is 1. The minimum atomic E-state index is 0.319. The quantitative estimate of drug-likeness (QED) is 0.796. The fourth-order valence-electron chi connectivity index (χ4n) is 1.83. The highest BCUT2D eigenvalue weighted by Gasteiger charge is 2.17. The van der Waals surface area contributed by atoms with E-state index in [1.165, 1.54) is 4.88 Å². The van der Waals surface area contributed by atoms with Crippen molar-refractivity contribution >= 4 is 22.7 Å². The SMILES string of the molecule is CC(C)C(Nc1ccccc1N)c1cccs1. The molecule has 0 spiro atoms. The average Bonchev–Trinajstić information content (AvgIpc) is 2.81. The van der Waals surface area contributed by atoms with Crippen molar-refractivity contribution in [3.63, 3.8) is 0 Å². The summed E-state index contributed by atoms with van der Waals surface area (Å²) in [5.41, 5.74) is 7.78. The third kappa shape index (κ3) is 2.80. The molecule has 1 aromatic carbocycles. The van der Waals surface area contributed by atoms with Crippen molar-refractivity contribution in [3.05, 3.63) is 46.7 Å². The van der Waals surface area contributed by atoms with Gasteiger partial charge in [0.05, 0.1) is 17.4 Å². The van der Waals surface area contributed by atoms with Gasteiger partial charge in [-0.25, -0.2) is 0 Å². The van der Waals surface area contributed by atoms with Gasteiger partial charge in [-0.2, -0.15) is 0 Å². The molecule has 3 heteroatoms. The summed E-state index contributed by atoms with van der Waals surface area (Å²) in [7, 11) is 0. The van der Waals surface area contributed by atoms with E-state index in [1.54, 1.807) is 11.3 Å². The van der Waals surface area contributed by atoms with E-state index in [0.717, 1.165) is 11.4 Å². The van der Waals surface area contributed by atoms with Crippen LogP contribution in [0.25, 0.3) is 0 Å². The van der Waals surface area contributed by atoms with Gasteiger partial charge in [-0.15, -0.1) is 11.3 Å².